The van der Waals surface area contributed by atoms with Crippen molar-refractivity contribution in [2.75, 3.05) is 0 Å². The zero-order valence-electron chi connectivity index (χ0n) is 15.3. The van der Waals surface area contributed by atoms with Gasteiger partial charge in [0.05, 0.1) is 28.5 Å². The van der Waals surface area contributed by atoms with Crippen molar-refractivity contribution in [1.82, 2.24) is 14.9 Å². The van der Waals surface area contributed by atoms with E-state index in [2.05, 4.69) is 46.9 Å². The van der Waals surface area contributed by atoms with Crippen molar-refractivity contribution in [3.63, 3.8) is 0 Å². The molecule has 1 aromatic carbocycles. The third-order valence-corrected chi connectivity index (χ3v) is 5.70. The molecule has 4 aromatic rings. The van der Waals surface area contributed by atoms with Gasteiger partial charge < -0.3 is 9.88 Å². The number of amides is 1. The lowest BCUT2D eigenvalue weighted by Gasteiger charge is -2.19. The summed E-state index contributed by atoms with van der Waals surface area (Å²) < 4.78 is 3.28. The van der Waals surface area contributed by atoms with Crippen LogP contribution in [0.15, 0.2) is 66.9 Å². The Hall–Kier alpha value is -2.92. The van der Waals surface area contributed by atoms with Crippen molar-refractivity contribution < 1.29 is 4.79 Å². The Morgan fingerprint density at radius 2 is 1.93 bits per heavy atom. The minimum atomic E-state index is -0.0792. The summed E-state index contributed by atoms with van der Waals surface area (Å²) in [6, 6.07) is 20.2. The molecule has 3 heterocycles. The Kier molecular flexibility index (Phi) is 4.77. The second-order valence-electron chi connectivity index (χ2n) is 6.60. The molecule has 0 aliphatic carbocycles. The molecule has 0 saturated heterocycles. The van der Waals surface area contributed by atoms with Gasteiger partial charge in [0.15, 0.2) is 0 Å². The van der Waals surface area contributed by atoms with E-state index in [0.717, 1.165) is 15.9 Å². The minimum Gasteiger partial charge on any atom is -0.345 e. The highest BCUT2D eigenvalue weighted by Gasteiger charge is 2.21. The highest BCUT2D eigenvalue weighted by Crippen LogP contribution is 2.33. The average molecular weight is 375 g/mol. The summed E-state index contributed by atoms with van der Waals surface area (Å²) in [5.41, 5.74) is 3.82. The molecule has 0 saturated carbocycles. The van der Waals surface area contributed by atoms with E-state index in [1.54, 1.807) is 17.5 Å². The van der Waals surface area contributed by atoms with Crippen LogP contribution in [0.3, 0.4) is 0 Å². The van der Waals surface area contributed by atoms with Gasteiger partial charge in [-0.15, -0.1) is 11.3 Å². The van der Waals surface area contributed by atoms with Crippen LogP contribution in [0, 0.1) is 6.92 Å². The fraction of sp³-hybridized carbons (Fsp3) is 0.182. The SMILES string of the molecule is Cc1cc2c(cc(C(=O)NCc3ccccn3)n2[C@H](C)c2ccccc2)s1. The highest BCUT2D eigenvalue weighted by molar-refractivity contribution is 7.19. The summed E-state index contributed by atoms with van der Waals surface area (Å²) in [7, 11) is 0. The van der Waals surface area contributed by atoms with E-state index in [1.165, 1.54) is 10.4 Å². The number of thiophene rings is 1. The first-order valence-electron chi connectivity index (χ1n) is 8.98. The van der Waals surface area contributed by atoms with E-state index in [9.17, 15) is 4.79 Å². The van der Waals surface area contributed by atoms with Crippen LogP contribution in [0.25, 0.3) is 10.2 Å². The van der Waals surface area contributed by atoms with Crippen molar-refractivity contribution in [2.24, 2.45) is 0 Å². The lowest BCUT2D eigenvalue weighted by molar-refractivity contribution is 0.0940. The molecular formula is C22H21N3OS. The Labute approximate surface area is 162 Å². The van der Waals surface area contributed by atoms with Gasteiger partial charge in [0, 0.05) is 11.1 Å². The molecule has 1 amide bonds. The molecular weight excluding hydrogens is 354 g/mol. The number of hydrogen-bond acceptors (Lipinski definition) is 3. The van der Waals surface area contributed by atoms with Crippen molar-refractivity contribution in [1.29, 1.82) is 0 Å². The molecule has 3 aromatic heterocycles. The molecule has 0 unspecified atom stereocenters. The van der Waals surface area contributed by atoms with Gasteiger partial charge in [-0.1, -0.05) is 36.4 Å². The van der Waals surface area contributed by atoms with Gasteiger partial charge in [0.1, 0.15) is 5.69 Å². The number of fused-ring (bicyclic) bond motifs is 1. The zero-order chi connectivity index (χ0) is 18.8. The number of nitrogens with one attached hydrogen (secondary N) is 1. The van der Waals surface area contributed by atoms with Crippen molar-refractivity contribution in [3.05, 3.63) is 88.7 Å². The van der Waals surface area contributed by atoms with Crippen LogP contribution in [-0.2, 0) is 6.54 Å². The molecule has 0 bridgehead atoms. The summed E-state index contributed by atoms with van der Waals surface area (Å²) in [5.74, 6) is -0.0792. The van der Waals surface area contributed by atoms with Gasteiger partial charge in [-0.3, -0.25) is 9.78 Å². The molecule has 0 radical (unpaired) electrons. The molecule has 0 aliphatic heterocycles. The maximum Gasteiger partial charge on any atom is 0.268 e. The van der Waals surface area contributed by atoms with Crippen molar-refractivity contribution in [2.45, 2.75) is 26.4 Å². The second kappa shape index (κ2) is 7.37. The summed E-state index contributed by atoms with van der Waals surface area (Å²) in [5, 5.41) is 3.01. The van der Waals surface area contributed by atoms with E-state index in [-0.39, 0.29) is 11.9 Å². The van der Waals surface area contributed by atoms with Crippen LogP contribution in [-0.4, -0.2) is 15.5 Å². The zero-order valence-corrected chi connectivity index (χ0v) is 16.2. The largest absolute Gasteiger partial charge is 0.345 e. The third kappa shape index (κ3) is 3.51. The van der Waals surface area contributed by atoms with E-state index in [4.69, 9.17) is 0 Å². The Morgan fingerprint density at radius 1 is 1.15 bits per heavy atom. The van der Waals surface area contributed by atoms with Crippen LogP contribution in [0.1, 0.15) is 39.6 Å². The number of hydrogen-bond donors (Lipinski definition) is 1. The third-order valence-electron chi connectivity index (χ3n) is 4.71. The van der Waals surface area contributed by atoms with Crippen molar-refractivity contribution >= 4 is 27.5 Å². The normalized spacial score (nSPS) is 12.2. The number of benzene rings is 1. The van der Waals surface area contributed by atoms with E-state index >= 15 is 0 Å². The average Bonchev–Trinajstić information content (AvgIpc) is 3.23. The van der Waals surface area contributed by atoms with Gasteiger partial charge in [-0.25, -0.2) is 0 Å². The van der Waals surface area contributed by atoms with Crippen LogP contribution >= 0.6 is 11.3 Å². The molecule has 4 nitrogen and oxygen atoms in total. The van der Waals surface area contributed by atoms with E-state index in [0.29, 0.717) is 12.2 Å². The first kappa shape index (κ1) is 17.5. The number of aromatic nitrogens is 2. The molecule has 4 rings (SSSR count). The molecule has 1 atom stereocenters. The number of nitrogens with zero attached hydrogens (tertiary/aromatic N) is 2. The monoisotopic (exact) mass is 375 g/mol. The maximum atomic E-state index is 13.0. The van der Waals surface area contributed by atoms with Crippen LogP contribution < -0.4 is 5.32 Å². The smallest absolute Gasteiger partial charge is 0.268 e. The molecule has 1 N–H and O–H groups in total. The maximum absolute atomic E-state index is 13.0. The highest BCUT2D eigenvalue weighted by atomic mass is 32.1. The second-order valence-corrected chi connectivity index (χ2v) is 7.88. The summed E-state index contributed by atoms with van der Waals surface area (Å²) in [6.45, 7) is 4.65. The molecule has 5 heteroatoms. The quantitative estimate of drug-likeness (QED) is 0.537. The van der Waals surface area contributed by atoms with Crippen LogP contribution in [0.2, 0.25) is 0 Å². The molecule has 0 fully saturated rings. The Balaban J connectivity index is 1.69. The lowest BCUT2D eigenvalue weighted by Crippen LogP contribution is -2.26. The van der Waals surface area contributed by atoms with E-state index < -0.39 is 0 Å². The van der Waals surface area contributed by atoms with Gasteiger partial charge in [0.25, 0.3) is 5.91 Å². The number of aryl methyl sites for hydroxylation is 1. The topological polar surface area (TPSA) is 46.9 Å². The van der Waals surface area contributed by atoms with Gasteiger partial charge in [-0.2, -0.15) is 0 Å². The molecule has 0 aliphatic rings. The summed E-state index contributed by atoms with van der Waals surface area (Å²) >= 11 is 1.72. The fourth-order valence-corrected chi connectivity index (χ4v) is 4.32. The summed E-state index contributed by atoms with van der Waals surface area (Å²) in [6.07, 6.45) is 1.74. The Morgan fingerprint density at radius 3 is 2.67 bits per heavy atom. The van der Waals surface area contributed by atoms with Gasteiger partial charge in [-0.05, 0) is 43.7 Å². The fourth-order valence-electron chi connectivity index (χ4n) is 3.37. The number of pyridine rings is 1. The first-order valence-corrected chi connectivity index (χ1v) is 9.79. The van der Waals surface area contributed by atoms with Gasteiger partial charge >= 0.3 is 0 Å². The van der Waals surface area contributed by atoms with Crippen molar-refractivity contribution in [3.8, 4) is 0 Å². The number of carbonyl (C=O) groups excluding carboxylic acids is 1. The number of rotatable bonds is 5. The van der Waals surface area contributed by atoms with Gasteiger partial charge in [0.2, 0.25) is 0 Å². The standard InChI is InChI=1S/C22H21N3OS/c1-15-12-19-21(27-15)13-20(22(26)24-14-18-10-6-7-11-23-18)25(19)16(2)17-8-4-3-5-9-17/h3-13,16H,14H2,1-2H3,(H,24,26)/t16-/m1/s1. The Bertz CT molecular complexity index is 1070. The first-order chi connectivity index (χ1) is 13.1. The van der Waals surface area contributed by atoms with Crippen LogP contribution in [0.5, 0.6) is 0 Å². The lowest BCUT2D eigenvalue weighted by atomic mass is 10.1. The van der Waals surface area contributed by atoms with E-state index in [1.807, 2.05) is 42.5 Å². The molecule has 136 valence electrons. The molecule has 0 spiro atoms. The number of carbonyl (C=O) groups is 1. The minimum absolute atomic E-state index is 0.0632. The predicted octanol–water partition coefficient (Wildman–Crippen LogP) is 4.95. The molecule has 27 heavy (non-hydrogen) atoms. The van der Waals surface area contributed by atoms with Crippen LogP contribution in [0.4, 0.5) is 0 Å². The predicted molar refractivity (Wildman–Crippen MR) is 110 cm³/mol. The summed E-state index contributed by atoms with van der Waals surface area (Å²) in [4.78, 5) is 18.5.